The highest BCUT2D eigenvalue weighted by Crippen LogP contribution is 2.41. The molecule has 4 rings (SSSR count). The summed E-state index contributed by atoms with van der Waals surface area (Å²) >= 11 is 0. The van der Waals surface area contributed by atoms with Crippen molar-refractivity contribution >= 4 is 5.97 Å². The zero-order chi connectivity index (χ0) is 37.3. The average Bonchev–Trinajstić information content (AvgIpc) is 3.20. The molecule has 0 bridgehead atoms. The molecule has 4 aromatic rings. The number of rotatable bonds is 22. The number of benzene rings is 4. The molecule has 1 N–H and O–H groups in total. The topological polar surface area (TPSA) is 102 Å². The van der Waals surface area contributed by atoms with Crippen molar-refractivity contribution < 1.29 is 43.1 Å². The molecule has 0 saturated heterocycles. The third-order valence-corrected chi connectivity index (χ3v) is 9.74. The number of carbonyl (C=O) groups excluding carboxylic acids is 1. The number of hydrogen-bond donors (Lipinski definition) is 1. The van der Waals surface area contributed by atoms with Crippen LogP contribution in [0.15, 0.2) is 121 Å². The van der Waals surface area contributed by atoms with Crippen molar-refractivity contribution in [1.82, 2.24) is 0 Å². The van der Waals surface area contributed by atoms with Gasteiger partial charge in [0.15, 0.2) is 6.10 Å². The highest BCUT2D eigenvalue weighted by atomic mass is 16.7. The van der Waals surface area contributed by atoms with Gasteiger partial charge in [-0.05, 0) is 22.3 Å². The monoisotopic (exact) mass is 714 g/mol. The zero-order valence-corrected chi connectivity index (χ0v) is 31.1. The van der Waals surface area contributed by atoms with Crippen LogP contribution in [0.25, 0.3) is 0 Å². The van der Waals surface area contributed by atoms with E-state index in [1.54, 1.807) is 21.1 Å². The van der Waals surface area contributed by atoms with E-state index < -0.39 is 41.9 Å². The van der Waals surface area contributed by atoms with Crippen LogP contribution in [0.5, 0.6) is 0 Å². The molecule has 52 heavy (non-hydrogen) atoms. The molecule has 9 nitrogen and oxygen atoms in total. The average molecular weight is 715 g/mol. The standard InChI is InChI=1S/C43H54O9/c1-31(38(47-5)28-52-43(35-21-13-8-14-22-35,36-23-15-9-16-24-36)37-25-17-10-18-26-37)40(50-29-46-4)33(3)41(32(2)39(44)42(45)48-6)51-30-49-27-34-19-11-7-12-20-34/h7-26,31-33,38-41,44H,27-30H2,1-6H3/t31-,32-,33+,38+,39-,40-,41-/m1/s1. The van der Waals surface area contributed by atoms with Gasteiger partial charge in [-0.2, -0.15) is 0 Å². The van der Waals surface area contributed by atoms with Crippen LogP contribution in [0.3, 0.4) is 0 Å². The van der Waals surface area contributed by atoms with E-state index in [0.29, 0.717) is 6.61 Å². The minimum absolute atomic E-state index is 0.00375. The van der Waals surface area contributed by atoms with Gasteiger partial charge in [0.25, 0.3) is 0 Å². The molecule has 0 aliphatic rings. The lowest BCUT2D eigenvalue weighted by atomic mass is 9.79. The van der Waals surface area contributed by atoms with E-state index in [1.165, 1.54) is 7.11 Å². The first kappa shape index (κ1) is 40.8. The Labute approximate surface area is 308 Å². The van der Waals surface area contributed by atoms with Crippen LogP contribution in [0.1, 0.15) is 43.0 Å². The molecule has 0 radical (unpaired) electrons. The number of aliphatic hydroxyl groups is 1. The predicted molar refractivity (Wildman–Crippen MR) is 199 cm³/mol. The summed E-state index contributed by atoms with van der Waals surface area (Å²) in [5, 5.41) is 11.0. The Bertz CT molecular complexity index is 1460. The van der Waals surface area contributed by atoms with E-state index in [-0.39, 0.29) is 32.0 Å². The van der Waals surface area contributed by atoms with E-state index in [4.69, 9.17) is 33.2 Å². The largest absolute Gasteiger partial charge is 0.467 e. The molecule has 0 aliphatic carbocycles. The van der Waals surface area contributed by atoms with Crippen LogP contribution in [0, 0.1) is 17.8 Å². The van der Waals surface area contributed by atoms with E-state index in [9.17, 15) is 9.90 Å². The summed E-state index contributed by atoms with van der Waals surface area (Å²) in [7, 11) is 4.47. The van der Waals surface area contributed by atoms with Gasteiger partial charge in [-0.25, -0.2) is 4.79 Å². The first-order valence-electron chi connectivity index (χ1n) is 17.7. The predicted octanol–water partition coefficient (Wildman–Crippen LogP) is 7.00. The molecule has 0 spiro atoms. The summed E-state index contributed by atoms with van der Waals surface area (Å²) in [6, 6.07) is 40.3. The van der Waals surface area contributed by atoms with Crippen LogP contribution in [0.2, 0.25) is 0 Å². The quantitative estimate of drug-likeness (QED) is 0.0399. The van der Waals surface area contributed by atoms with E-state index in [1.807, 2.05) is 98.8 Å². The Morgan fingerprint density at radius 1 is 0.635 bits per heavy atom. The van der Waals surface area contributed by atoms with Gasteiger partial charge in [0.05, 0.1) is 38.6 Å². The maximum Gasteiger partial charge on any atom is 0.335 e. The fourth-order valence-electron chi connectivity index (χ4n) is 6.90. The Morgan fingerprint density at radius 2 is 1.10 bits per heavy atom. The molecule has 0 saturated carbocycles. The minimum atomic E-state index is -1.44. The van der Waals surface area contributed by atoms with Gasteiger partial charge in [0, 0.05) is 32.0 Å². The molecule has 7 atom stereocenters. The molecule has 0 amide bonds. The molecule has 4 aromatic carbocycles. The first-order valence-corrected chi connectivity index (χ1v) is 17.7. The van der Waals surface area contributed by atoms with Gasteiger partial charge in [0.1, 0.15) is 19.2 Å². The van der Waals surface area contributed by atoms with Crippen molar-refractivity contribution in [2.45, 2.75) is 57.4 Å². The number of esters is 1. The lowest BCUT2D eigenvalue weighted by Crippen LogP contribution is -2.49. The van der Waals surface area contributed by atoms with Gasteiger partial charge >= 0.3 is 5.97 Å². The minimum Gasteiger partial charge on any atom is -0.467 e. The van der Waals surface area contributed by atoms with Crippen molar-refractivity contribution in [2.75, 3.05) is 41.5 Å². The summed E-state index contributed by atoms with van der Waals surface area (Å²) in [4.78, 5) is 12.5. The Morgan fingerprint density at radius 3 is 1.56 bits per heavy atom. The SMILES string of the molecule is COCO[C@@H]([C@H](C)[C@H](OCOCc1ccccc1)[C@H](C)[C@@H](O)C(=O)OC)[C@H](C)[C@H](COC(c1ccccc1)(c1ccccc1)c1ccccc1)OC. The molecule has 0 heterocycles. The fraction of sp³-hybridized carbons (Fsp3) is 0.419. The first-order chi connectivity index (χ1) is 25.3. The second-order valence-electron chi connectivity index (χ2n) is 13.0. The Kier molecular flexibility index (Phi) is 16.4. The van der Waals surface area contributed by atoms with Crippen LogP contribution in [-0.4, -0.2) is 77.0 Å². The fourth-order valence-corrected chi connectivity index (χ4v) is 6.90. The summed E-state index contributed by atoms with van der Waals surface area (Å²) < 4.78 is 42.2. The Hall–Kier alpha value is -3.93. The molecule has 0 fully saturated rings. The van der Waals surface area contributed by atoms with E-state index >= 15 is 0 Å². The maximum absolute atomic E-state index is 12.5. The van der Waals surface area contributed by atoms with Crippen LogP contribution >= 0.6 is 0 Å². The van der Waals surface area contributed by atoms with E-state index in [0.717, 1.165) is 22.3 Å². The van der Waals surface area contributed by atoms with Crippen molar-refractivity contribution in [3.8, 4) is 0 Å². The Balaban J connectivity index is 1.64. The molecule has 9 heteroatoms. The van der Waals surface area contributed by atoms with Crippen LogP contribution in [0.4, 0.5) is 0 Å². The van der Waals surface area contributed by atoms with E-state index in [2.05, 4.69) is 36.4 Å². The van der Waals surface area contributed by atoms with Gasteiger partial charge < -0.3 is 38.3 Å². The highest BCUT2D eigenvalue weighted by molar-refractivity contribution is 5.74. The van der Waals surface area contributed by atoms with Gasteiger partial charge in [-0.3, -0.25) is 0 Å². The van der Waals surface area contributed by atoms with Crippen molar-refractivity contribution in [1.29, 1.82) is 0 Å². The number of carbonyl (C=O) groups is 1. The highest BCUT2D eigenvalue weighted by Gasteiger charge is 2.43. The molecule has 280 valence electrons. The summed E-state index contributed by atoms with van der Waals surface area (Å²) in [6.07, 6.45) is -3.12. The molecule has 0 aromatic heterocycles. The van der Waals surface area contributed by atoms with Crippen molar-refractivity contribution in [2.24, 2.45) is 17.8 Å². The number of methoxy groups -OCH3 is 3. The smallest absolute Gasteiger partial charge is 0.335 e. The van der Waals surface area contributed by atoms with Crippen molar-refractivity contribution in [3.63, 3.8) is 0 Å². The van der Waals surface area contributed by atoms with Gasteiger partial charge in [-0.15, -0.1) is 0 Å². The lowest BCUT2D eigenvalue weighted by molar-refractivity contribution is -0.194. The van der Waals surface area contributed by atoms with Gasteiger partial charge in [-0.1, -0.05) is 142 Å². The second-order valence-corrected chi connectivity index (χ2v) is 13.0. The second kappa shape index (κ2) is 20.9. The summed E-state index contributed by atoms with van der Waals surface area (Å²) in [5.74, 6) is -2.10. The van der Waals surface area contributed by atoms with Crippen LogP contribution < -0.4 is 0 Å². The maximum atomic E-state index is 12.5. The van der Waals surface area contributed by atoms with Crippen LogP contribution in [-0.2, 0) is 50.2 Å². The zero-order valence-electron chi connectivity index (χ0n) is 31.1. The normalized spacial score (nSPS) is 15.9. The number of ether oxygens (including phenoxy) is 7. The molecule has 0 unspecified atom stereocenters. The lowest BCUT2D eigenvalue weighted by Gasteiger charge is -2.41. The van der Waals surface area contributed by atoms with Gasteiger partial charge in [0.2, 0.25) is 0 Å². The number of hydrogen-bond acceptors (Lipinski definition) is 9. The molecular formula is C43H54O9. The summed E-state index contributed by atoms with van der Waals surface area (Å²) in [6.45, 7) is 6.22. The molecule has 0 aliphatic heterocycles. The third kappa shape index (κ3) is 10.4. The van der Waals surface area contributed by atoms with Crippen molar-refractivity contribution in [3.05, 3.63) is 144 Å². The number of aliphatic hydroxyl groups excluding tert-OH is 1. The molecular weight excluding hydrogens is 660 g/mol. The third-order valence-electron chi connectivity index (χ3n) is 9.74. The summed E-state index contributed by atoms with van der Waals surface area (Å²) in [5.41, 5.74) is 2.98.